The maximum Gasteiger partial charge on any atom is 0.133 e. The SMILES string of the molecule is CCNC(c1c(F)cc(F)cc1F)C(C)C. The zero-order valence-corrected chi connectivity index (χ0v) is 9.65. The van der Waals surface area contributed by atoms with Crippen LogP contribution in [-0.2, 0) is 0 Å². The van der Waals surface area contributed by atoms with E-state index in [-0.39, 0.29) is 11.5 Å². The molecule has 0 bridgehead atoms. The minimum Gasteiger partial charge on any atom is -0.310 e. The van der Waals surface area contributed by atoms with Crippen LogP contribution in [0.3, 0.4) is 0 Å². The van der Waals surface area contributed by atoms with Crippen LogP contribution in [0.2, 0.25) is 0 Å². The molecule has 0 aromatic heterocycles. The lowest BCUT2D eigenvalue weighted by atomic mass is 9.95. The Labute approximate surface area is 93.7 Å². The lowest BCUT2D eigenvalue weighted by molar-refractivity contribution is 0.384. The predicted octanol–water partition coefficient (Wildman–Crippen LogP) is 3.41. The first-order valence-electron chi connectivity index (χ1n) is 5.35. The summed E-state index contributed by atoms with van der Waals surface area (Å²) >= 11 is 0. The van der Waals surface area contributed by atoms with Crippen molar-refractivity contribution in [1.82, 2.24) is 5.32 Å². The summed E-state index contributed by atoms with van der Waals surface area (Å²) in [5.41, 5.74) is -0.0850. The highest BCUT2D eigenvalue weighted by Gasteiger charge is 2.23. The van der Waals surface area contributed by atoms with E-state index in [0.717, 1.165) is 0 Å². The molecule has 1 aromatic rings. The van der Waals surface area contributed by atoms with Crippen LogP contribution in [0.5, 0.6) is 0 Å². The van der Waals surface area contributed by atoms with Crippen LogP contribution < -0.4 is 5.32 Å². The first-order chi connectivity index (χ1) is 7.47. The zero-order chi connectivity index (χ0) is 12.3. The average Bonchev–Trinajstić information content (AvgIpc) is 2.14. The summed E-state index contributed by atoms with van der Waals surface area (Å²) in [6, 6.07) is 0.988. The van der Waals surface area contributed by atoms with Crippen molar-refractivity contribution >= 4 is 0 Å². The fourth-order valence-corrected chi connectivity index (χ4v) is 1.74. The molecule has 4 heteroatoms. The van der Waals surface area contributed by atoms with Gasteiger partial charge < -0.3 is 5.32 Å². The molecule has 1 atom stereocenters. The molecule has 0 radical (unpaired) electrons. The molecular weight excluding hydrogens is 215 g/mol. The Morgan fingerprint density at radius 2 is 1.62 bits per heavy atom. The van der Waals surface area contributed by atoms with Gasteiger partial charge in [-0.05, 0) is 12.5 Å². The monoisotopic (exact) mass is 231 g/mol. The molecule has 0 fully saturated rings. The molecule has 0 aliphatic carbocycles. The number of nitrogens with one attached hydrogen (secondary N) is 1. The molecule has 1 unspecified atom stereocenters. The van der Waals surface area contributed by atoms with Crippen LogP contribution in [0.1, 0.15) is 32.4 Å². The smallest absolute Gasteiger partial charge is 0.133 e. The van der Waals surface area contributed by atoms with E-state index in [1.54, 1.807) is 0 Å². The van der Waals surface area contributed by atoms with Crippen molar-refractivity contribution in [2.45, 2.75) is 26.8 Å². The summed E-state index contributed by atoms with van der Waals surface area (Å²) in [5, 5.41) is 3.00. The van der Waals surface area contributed by atoms with Gasteiger partial charge in [0.05, 0.1) is 0 Å². The molecule has 0 saturated heterocycles. The van der Waals surface area contributed by atoms with Gasteiger partial charge in [0.25, 0.3) is 0 Å². The zero-order valence-electron chi connectivity index (χ0n) is 9.65. The molecule has 0 aliphatic heterocycles. The Kier molecular flexibility index (Phi) is 4.35. The van der Waals surface area contributed by atoms with Gasteiger partial charge in [0.15, 0.2) is 0 Å². The van der Waals surface area contributed by atoms with Gasteiger partial charge >= 0.3 is 0 Å². The Morgan fingerprint density at radius 3 is 2.00 bits per heavy atom. The molecule has 0 heterocycles. The lowest BCUT2D eigenvalue weighted by Crippen LogP contribution is -2.27. The number of hydrogen-bond acceptors (Lipinski definition) is 1. The van der Waals surface area contributed by atoms with Crippen molar-refractivity contribution in [2.75, 3.05) is 6.54 Å². The largest absolute Gasteiger partial charge is 0.310 e. The van der Waals surface area contributed by atoms with Crippen LogP contribution in [-0.4, -0.2) is 6.54 Å². The fraction of sp³-hybridized carbons (Fsp3) is 0.500. The maximum atomic E-state index is 13.5. The molecular formula is C12H16F3N. The van der Waals surface area contributed by atoms with Crippen LogP contribution in [0.15, 0.2) is 12.1 Å². The molecule has 0 saturated carbocycles. The lowest BCUT2D eigenvalue weighted by Gasteiger charge is -2.23. The molecule has 0 aliphatic rings. The van der Waals surface area contributed by atoms with Crippen LogP contribution >= 0.6 is 0 Å². The van der Waals surface area contributed by atoms with Crippen molar-refractivity contribution in [3.8, 4) is 0 Å². The second-order valence-electron chi connectivity index (χ2n) is 4.06. The van der Waals surface area contributed by atoms with Gasteiger partial charge in [-0.3, -0.25) is 0 Å². The van der Waals surface area contributed by atoms with E-state index in [1.807, 2.05) is 20.8 Å². The van der Waals surface area contributed by atoms with Crippen molar-refractivity contribution < 1.29 is 13.2 Å². The van der Waals surface area contributed by atoms with Crippen molar-refractivity contribution in [3.63, 3.8) is 0 Å². The first-order valence-corrected chi connectivity index (χ1v) is 5.35. The van der Waals surface area contributed by atoms with Gasteiger partial charge in [0.1, 0.15) is 17.5 Å². The highest BCUT2D eigenvalue weighted by atomic mass is 19.1. The fourth-order valence-electron chi connectivity index (χ4n) is 1.74. The van der Waals surface area contributed by atoms with E-state index in [4.69, 9.17) is 0 Å². The summed E-state index contributed by atoms with van der Waals surface area (Å²) in [4.78, 5) is 0. The number of benzene rings is 1. The molecule has 0 amide bonds. The van der Waals surface area contributed by atoms with E-state index < -0.39 is 23.5 Å². The quantitative estimate of drug-likeness (QED) is 0.837. The Hall–Kier alpha value is -1.03. The normalized spacial score (nSPS) is 13.2. The second-order valence-corrected chi connectivity index (χ2v) is 4.06. The standard InChI is InChI=1S/C12H16F3N/c1-4-16-12(7(2)3)11-9(14)5-8(13)6-10(11)15/h5-7,12,16H,4H2,1-3H3. The summed E-state index contributed by atoms with van der Waals surface area (Å²) in [6.45, 7) is 6.17. The summed E-state index contributed by atoms with van der Waals surface area (Å²) in [7, 11) is 0. The summed E-state index contributed by atoms with van der Waals surface area (Å²) in [6.07, 6.45) is 0. The van der Waals surface area contributed by atoms with Crippen LogP contribution in [0.25, 0.3) is 0 Å². The predicted molar refractivity (Wildman–Crippen MR) is 57.6 cm³/mol. The summed E-state index contributed by atoms with van der Waals surface area (Å²) < 4.78 is 39.8. The molecule has 16 heavy (non-hydrogen) atoms. The maximum absolute atomic E-state index is 13.5. The van der Waals surface area contributed by atoms with Crippen molar-refractivity contribution in [2.24, 2.45) is 5.92 Å². The first kappa shape index (κ1) is 13.0. The number of halogens is 3. The minimum atomic E-state index is -0.891. The number of rotatable bonds is 4. The molecule has 1 N–H and O–H groups in total. The van der Waals surface area contributed by atoms with Crippen LogP contribution in [0, 0.1) is 23.4 Å². The second kappa shape index (κ2) is 5.34. The van der Waals surface area contributed by atoms with E-state index in [2.05, 4.69) is 5.32 Å². The Morgan fingerprint density at radius 1 is 1.12 bits per heavy atom. The highest BCUT2D eigenvalue weighted by molar-refractivity contribution is 5.24. The van der Waals surface area contributed by atoms with Gasteiger partial charge in [-0.25, -0.2) is 13.2 Å². The van der Waals surface area contributed by atoms with E-state index in [9.17, 15) is 13.2 Å². The molecule has 0 spiro atoms. The average molecular weight is 231 g/mol. The van der Waals surface area contributed by atoms with Gasteiger partial charge in [-0.1, -0.05) is 20.8 Å². The van der Waals surface area contributed by atoms with Gasteiger partial charge in [0.2, 0.25) is 0 Å². The third-order valence-corrected chi connectivity index (χ3v) is 2.45. The minimum absolute atomic E-state index is 0.0226. The highest BCUT2D eigenvalue weighted by Crippen LogP contribution is 2.27. The van der Waals surface area contributed by atoms with Crippen molar-refractivity contribution in [1.29, 1.82) is 0 Å². The van der Waals surface area contributed by atoms with Crippen LogP contribution in [0.4, 0.5) is 13.2 Å². The molecule has 90 valence electrons. The molecule has 1 aromatic carbocycles. The van der Waals surface area contributed by atoms with Crippen molar-refractivity contribution in [3.05, 3.63) is 35.1 Å². The van der Waals surface area contributed by atoms with E-state index in [1.165, 1.54) is 0 Å². The molecule has 1 rings (SSSR count). The Balaban J connectivity index is 3.18. The third-order valence-electron chi connectivity index (χ3n) is 2.45. The topological polar surface area (TPSA) is 12.0 Å². The van der Waals surface area contributed by atoms with E-state index in [0.29, 0.717) is 18.7 Å². The van der Waals surface area contributed by atoms with Gasteiger partial charge in [0, 0.05) is 23.7 Å². The Bertz CT molecular complexity index is 340. The van der Waals surface area contributed by atoms with E-state index >= 15 is 0 Å². The summed E-state index contributed by atoms with van der Waals surface area (Å²) in [5.74, 6) is -2.54. The van der Waals surface area contributed by atoms with Gasteiger partial charge in [-0.15, -0.1) is 0 Å². The van der Waals surface area contributed by atoms with Gasteiger partial charge in [-0.2, -0.15) is 0 Å². The third kappa shape index (κ3) is 2.76. The molecule has 1 nitrogen and oxygen atoms in total. The number of hydrogen-bond donors (Lipinski definition) is 1.